The van der Waals surface area contributed by atoms with Gasteiger partial charge in [-0.3, -0.25) is 9.59 Å². The number of nitrogens with one attached hydrogen (secondary N) is 1. The van der Waals surface area contributed by atoms with Crippen molar-refractivity contribution in [2.75, 3.05) is 51.4 Å². The Labute approximate surface area is 206 Å². The maximum absolute atomic E-state index is 12.5. The second-order valence-corrected chi connectivity index (χ2v) is 7.91. The van der Waals surface area contributed by atoms with Gasteiger partial charge in [-0.1, -0.05) is 29.3 Å². The van der Waals surface area contributed by atoms with E-state index in [0.717, 1.165) is 0 Å². The largest absolute Gasteiger partial charge is 0.490 e. The Morgan fingerprint density at radius 3 is 2.38 bits per heavy atom. The number of morpholine rings is 1. The van der Waals surface area contributed by atoms with Crippen LogP contribution in [0.3, 0.4) is 0 Å². The Hall–Kier alpha value is -3.01. The maximum atomic E-state index is 12.5. The van der Waals surface area contributed by atoms with Crippen LogP contribution in [0.25, 0.3) is 0 Å². The predicted octanol–water partition coefficient (Wildman–Crippen LogP) is 3.43. The Balaban J connectivity index is 1.58. The van der Waals surface area contributed by atoms with Gasteiger partial charge in [0.25, 0.3) is 11.8 Å². The third-order valence-electron chi connectivity index (χ3n) is 4.76. The first-order valence-corrected chi connectivity index (χ1v) is 11.3. The minimum absolute atomic E-state index is 0.152. The number of nitrogens with zero attached hydrogens (tertiary/aromatic N) is 1. The van der Waals surface area contributed by atoms with Crippen molar-refractivity contribution in [3.63, 3.8) is 0 Å². The normalized spacial score (nSPS) is 13.2. The standard InChI is InChI=1S/C23H24Cl2N2O7/c1-2-32-19-12-15(6-7-18(19)33-14-21(29)27-8-10-31-11-9-27)23(30)34-13-20(28)26-22-16(24)4-3-5-17(22)25/h3-7,12H,2,8-11,13-14H2,1H3,(H,26,28). The zero-order valence-corrected chi connectivity index (χ0v) is 20.0. The van der Waals surface area contributed by atoms with E-state index in [9.17, 15) is 14.4 Å². The number of carbonyl (C=O) groups excluding carboxylic acids is 3. The number of carbonyl (C=O) groups is 3. The smallest absolute Gasteiger partial charge is 0.338 e. The molecule has 9 nitrogen and oxygen atoms in total. The summed E-state index contributed by atoms with van der Waals surface area (Å²) in [6, 6.07) is 9.19. The molecular formula is C23H24Cl2N2O7. The van der Waals surface area contributed by atoms with E-state index in [1.54, 1.807) is 30.0 Å². The van der Waals surface area contributed by atoms with Crippen molar-refractivity contribution in [3.05, 3.63) is 52.0 Å². The summed E-state index contributed by atoms with van der Waals surface area (Å²) >= 11 is 12.0. The molecule has 3 rings (SSSR count). The van der Waals surface area contributed by atoms with Gasteiger partial charge in [-0.15, -0.1) is 0 Å². The molecule has 1 fully saturated rings. The predicted molar refractivity (Wildman–Crippen MR) is 126 cm³/mol. The highest BCUT2D eigenvalue weighted by Crippen LogP contribution is 2.30. The average molecular weight is 511 g/mol. The van der Waals surface area contributed by atoms with Crippen LogP contribution < -0.4 is 14.8 Å². The molecule has 0 saturated carbocycles. The molecule has 182 valence electrons. The molecule has 1 aliphatic heterocycles. The second kappa shape index (κ2) is 12.5. The molecule has 0 atom stereocenters. The number of hydrogen-bond donors (Lipinski definition) is 1. The number of halogens is 2. The van der Waals surface area contributed by atoms with E-state index in [2.05, 4.69) is 5.32 Å². The van der Waals surface area contributed by atoms with Crippen molar-refractivity contribution in [1.82, 2.24) is 4.90 Å². The molecule has 1 saturated heterocycles. The van der Waals surface area contributed by atoms with E-state index in [1.165, 1.54) is 18.2 Å². The first kappa shape index (κ1) is 25.6. The quantitative estimate of drug-likeness (QED) is 0.515. The van der Waals surface area contributed by atoms with E-state index in [1.807, 2.05) is 0 Å². The summed E-state index contributed by atoms with van der Waals surface area (Å²) in [4.78, 5) is 38.6. The highest BCUT2D eigenvalue weighted by Gasteiger charge is 2.19. The number of rotatable bonds is 9. The highest BCUT2D eigenvalue weighted by molar-refractivity contribution is 6.39. The van der Waals surface area contributed by atoms with Gasteiger partial charge in [0.2, 0.25) is 0 Å². The van der Waals surface area contributed by atoms with Gasteiger partial charge in [0, 0.05) is 13.1 Å². The second-order valence-electron chi connectivity index (χ2n) is 7.10. The highest BCUT2D eigenvalue weighted by atomic mass is 35.5. The molecule has 0 aromatic heterocycles. The average Bonchev–Trinajstić information content (AvgIpc) is 2.84. The topological polar surface area (TPSA) is 103 Å². The van der Waals surface area contributed by atoms with Crippen LogP contribution in [-0.4, -0.2) is 68.8 Å². The molecule has 0 unspecified atom stereocenters. The molecule has 1 aliphatic rings. The number of amides is 2. The van der Waals surface area contributed by atoms with Gasteiger partial charge in [0.15, 0.2) is 24.7 Å². The Morgan fingerprint density at radius 1 is 1.00 bits per heavy atom. The zero-order valence-electron chi connectivity index (χ0n) is 18.5. The summed E-state index contributed by atoms with van der Waals surface area (Å²) in [6.45, 7) is 3.39. The van der Waals surface area contributed by atoms with Gasteiger partial charge in [-0.05, 0) is 37.3 Å². The van der Waals surface area contributed by atoms with Gasteiger partial charge < -0.3 is 29.2 Å². The van der Waals surface area contributed by atoms with Crippen molar-refractivity contribution >= 4 is 46.7 Å². The van der Waals surface area contributed by atoms with Crippen LogP contribution in [0, 0.1) is 0 Å². The monoisotopic (exact) mass is 510 g/mol. The van der Waals surface area contributed by atoms with Gasteiger partial charge in [0.05, 0.1) is 41.1 Å². The fourth-order valence-electron chi connectivity index (χ4n) is 3.07. The van der Waals surface area contributed by atoms with Crippen LogP contribution in [0.1, 0.15) is 17.3 Å². The van der Waals surface area contributed by atoms with Gasteiger partial charge in [0.1, 0.15) is 0 Å². The summed E-state index contributed by atoms with van der Waals surface area (Å²) in [5.41, 5.74) is 0.387. The fraction of sp³-hybridized carbons (Fsp3) is 0.348. The van der Waals surface area contributed by atoms with Crippen LogP contribution in [-0.2, 0) is 19.1 Å². The Morgan fingerprint density at radius 2 is 1.71 bits per heavy atom. The van der Waals surface area contributed by atoms with Crippen molar-refractivity contribution in [2.45, 2.75) is 6.92 Å². The Kier molecular flexibility index (Phi) is 9.38. The molecule has 0 radical (unpaired) electrons. The SMILES string of the molecule is CCOc1cc(C(=O)OCC(=O)Nc2c(Cl)cccc2Cl)ccc1OCC(=O)N1CCOCC1. The lowest BCUT2D eigenvalue weighted by molar-refractivity contribution is -0.137. The first-order valence-electron chi connectivity index (χ1n) is 10.5. The van der Waals surface area contributed by atoms with Crippen LogP contribution in [0.15, 0.2) is 36.4 Å². The lowest BCUT2D eigenvalue weighted by atomic mass is 10.2. The van der Waals surface area contributed by atoms with E-state index in [-0.39, 0.29) is 39.6 Å². The van der Waals surface area contributed by atoms with Crippen LogP contribution >= 0.6 is 23.2 Å². The molecule has 0 aliphatic carbocycles. The minimum atomic E-state index is -0.739. The number of benzene rings is 2. The number of anilines is 1. The van der Waals surface area contributed by atoms with Crippen molar-refractivity contribution in [3.8, 4) is 11.5 Å². The summed E-state index contributed by atoms with van der Waals surface area (Å²) in [5, 5.41) is 3.03. The minimum Gasteiger partial charge on any atom is -0.490 e. The lowest BCUT2D eigenvalue weighted by Gasteiger charge is -2.26. The zero-order chi connectivity index (χ0) is 24.5. The van der Waals surface area contributed by atoms with Crippen LogP contribution in [0.2, 0.25) is 10.0 Å². The third kappa shape index (κ3) is 6.99. The molecule has 0 spiro atoms. The number of ether oxygens (including phenoxy) is 4. The molecule has 1 N–H and O–H groups in total. The number of para-hydroxylation sites is 1. The first-order chi connectivity index (χ1) is 16.4. The summed E-state index contributed by atoms with van der Waals surface area (Å²) < 4.78 is 21.5. The number of esters is 1. The summed E-state index contributed by atoms with van der Waals surface area (Å²) in [6.07, 6.45) is 0. The van der Waals surface area contributed by atoms with Crippen molar-refractivity contribution in [2.24, 2.45) is 0 Å². The third-order valence-corrected chi connectivity index (χ3v) is 5.39. The summed E-state index contributed by atoms with van der Waals surface area (Å²) in [5.74, 6) is -0.920. The number of hydrogen-bond acceptors (Lipinski definition) is 7. The fourth-order valence-corrected chi connectivity index (χ4v) is 3.57. The van der Waals surface area contributed by atoms with E-state index in [4.69, 9.17) is 42.1 Å². The van der Waals surface area contributed by atoms with Crippen LogP contribution in [0.4, 0.5) is 5.69 Å². The van der Waals surface area contributed by atoms with E-state index >= 15 is 0 Å². The summed E-state index contributed by atoms with van der Waals surface area (Å²) in [7, 11) is 0. The molecule has 2 aromatic carbocycles. The van der Waals surface area contributed by atoms with Crippen molar-refractivity contribution < 1.29 is 33.3 Å². The molecule has 11 heteroatoms. The van der Waals surface area contributed by atoms with Gasteiger partial charge in [-0.2, -0.15) is 0 Å². The van der Waals surface area contributed by atoms with E-state index < -0.39 is 18.5 Å². The molecule has 2 aromatic rings. The molecule has 34 heavy (non-hydrogen) atoms. The lowest BCUT2D eigenvalue weighted by Crippen LogP contribution is -2.43. The molecule has 1 heterocycles. The van der Waals surface area contributed by atoms with Crippen molar-refractivity contribution in [1.29, 1.82) is 0 Å². The van der Waals surface area contributed by atoms with Crippen LogP contribution in [0.5, 0.6) is 11.5 Å². The van der Waals surface area contributed by atoms with Gasteiger partial charge in [-0.25, -0.2) is 4.79 Å². The molecular weight excluding hydrogens is 487 g/mol. The maximum Gasteiger partial charge on any atom is 0.338 e. The molecule has 2 amide bonds. The van der Waals surface area contributed by atoms with Gasteiger partial charge >= 0.3 is 5.97 Å². The van der Waals surface area contributed by atoms with E-state index in [0.29, 0.717) is 38.7 Å². The molecule has 0 bridgehead atoms. The Bertz CT molecular complexity index is 1020.